The number of aryl methyl sites for hydroxylation is 2. The van der Waals surface area contributed by atoms with Crippen LogP contribution in [0.15, 0.2) is 24.3 Å². The summed E-state index contributed by atoms with van der Waals surface area (Å²) in [7, 11) is 0. The van der Waals surface area contributed by atoms with Gasteiger partial charge >= 0.3 is 6.03 Å². The maximum atomic E-state index is 12.1. The predicted molar refractivity (Wildman–Crippen MR) is 97.9 cm³/mol. The Bertz CT molecular complexity index is 710. The molecule has 2 aromatic rings. The van der Waals surface area contributed by atoms with Crippen LogP contribution in [-0.2, 0) is 0 Å². The summed E-state index contributed by atoms with van der Waals surface area (Å²) in [6.07, 6.45) is 1.96. The number of thiazole rings is 1. The van der Waals surface area contributed by atoms with Crippen molar-refractivity contribution in [3.8, 4) is 0 Å². The Labute approximate surface area is 145 Å². The third kappa shape index (κ3) is 5.06. The first-order valence-corrected chi connectivity index (χ1v) is 8.71. The first-order chi connectivity index (χ1) is 11.5. The summed E-state index contributed by atoms with van der Waals surface area (Å²) in [5.74, 6) is -0.148. The lowest BCUT2D eigenvalue weighted by Crippen LogP contribution is -2.24. The van der Waals surface area contributed by atoms with E-state index in [1.165, 1.54) is 11.3 Å². The van der Waals surface area contributed by atoms with Gasteiger partial charge in [-0.2, -0.15) is 0 Å². The number of hydrogen-bond acceptors (Lipinski definition) is 4. The van der Waals surface area contributed by atoms with Crippen molar-refractivity contribution in [2.24, 2.45) is 0 Å². The number of amides is 3. The number of nitrogens with one attached hydrogen (secondary N) is 3. The van der Waals surface area contributed by atoms with Crippen molar-refractivity contribution in [3.05, 3.63) is 40.4 Å². The number of anilines is 2. The topological polar surface area (TPSA) is 83.1 Å². The first-order valence-electron chi connectivity index (χ1n) is 7.90. The summed E-state index contributed by atoms with van der Waals surface area (Å²) >= 11 is 1.17. The number of carbonyl (C=O) groups is 2. The minimum Gasteiger partial charge on any atom is -0.351 e. The van der Waals surface area contributed by atoms with E-state index in [1.807, 2.05) is 31.2 Å². The van der Waals surface area contributed by atoms with Crippen LogP contribution in [0, 0.1) is 13.8 Å². The summed E-state index contributed by atoms with van der Waals surface area (Å²) in [6.45, 7) is 6.45. The molecule has 1 aromatic heterocycles. The van der Waals surface area contributed by atoms with Crippen LogP contribution in [0.1, 0.15) is 40.7 Å². The zero-order valence-electron chi connectivity index (χ0n) is 14.1. The average molecular weight is 346 g/mol. The van der Waals surface area contributed by atoms with Gasteiger partial charge in [0.1, 0.15) is 4.88 Å². The number of carbonyl (C=O) groups excluding carboxylic acids is 2. The molecule has 7 heteroatoms. The van der Waals surface area contributed by atoms with Crippen molar-refractivity contribution in [2.75, 3.05) is 17.2 Å². The quantitative estimate of drug-likeness (QED) is 0.693. The molecular formula is C17H22N4O2S. The first kappa shape index (κ1) is 17.9. The molecule has 128 valence electrons. The van der Waals surface area contributed by atoms with Crippen molar-refractivity contribution < 1.29 is 9.59 Å². The van der Waals surface area contributed by atoms with Gasteiger partial charge in [-0.3, -0.25) is 10.1 Å². The Balaban J connectivity index is 1.95. The average Bonchev–Trinajstić information content (AvgIpc) is 2.90. The second kappa shape index (κ2) is 8.44. The largest absolute Gasteiger partial charge is 0.351 e. The number of benzene rings is 1. The van der Waals surface area contributed by atoms with E-state index in [9.17, 15) is 9.59 Å². The second-order valence-corrected chi connectivity index (χ2v) is 6.49. The van der Waals surface area contributed by atoms with Crippen molar-refractivity contribution >= 4 is 34.1 Å². The monoisotopic (exact) mass is 346 g/mol. The second-order valence-electron chi connectivity index (χ2n) is 5.49. The minimum atomic E-state index is -0.384. The molecule has 0 atom stereocenters. The van der Waals surface area contributed by atoms with Crippen molar-refractivity contribution in [1.29, 1.82) is 0 Å². The maximum absolute atomic E-state index is 12.1. The summed E-state index contributed by atoms with van der Waals surface area (Å²) in [6, 6.07) is 7.11. The number of aromatic nitrogens is 1. The van der Waals surface area contributed by atoms with Crippen LogP contribution in [-0.4, -0.2) is 23.5 Å². The Morgan fingerprint density at radius 2 is 1.83 bits per heavy atom. The van der Waals surface area contributed by atoms with E-state index in [-0.39, 0.29) is 11.9 Å². The predicted octanol–water partition coefficient (Wildman–Crippen LogP) is 3.93. The van der Waals surface area contributed by atoms with Gasteiger partial charge < -0.3 is 10.6 Å². The SMILES string of the molecule is CCCCNC(=O)c1sc(NC(=O)Nc2ccc(C)cc2)nc1C. The molecule has 0 unspecified atom stereocenters. The molecule has 0 saturated heterocycles. The lowest BCUT2D eigenvalue weighted by atomic mass is 10.2. The van der Waals surface area contributed by atoms with Gasteiger partial charge in [0.15, 0.2) is 5.13 Å². The Morgan fingerprint density at radius 1 is 1.12 bits per heavy atom. The fourth-order valence-electron chi connectivity index (χ4n) is 2.02. The lowest BCUT2D eigenvalue weighted by Gasteiger charge is -2.05. The zero-order valence-corrected chi connectivity index (χ0v) is 14.9. The van der Waals surface area contributed by atoms with Gasteiger partial charge in [-0.1, -0.05) is 42.4 Å². The van der Waals surface area contributed by atoms with Gasteiger partial charge in [-0.15, -0.1) is 0 Å². The van der Waals surface area contributed by atoms with Gasteiger partial charge in [0.05, 0.1) is 5.69 Å². The van der Waals surface area contributed by atoms with Crippen LogP contribution in [0.2, 0.25) is 0 Å². The fraction of sp³-hybridized carbons (Fsp3) is 0.353. The Hall–Kier alpha value is -2.41. The van der Waals surface area contributed by atoms with E-state index < -0.39 is 0 Å². The number of rotatable bonds is 6. The third-order valence-electron chi connectivity index (χ3n) is 3.35. The van der Waals surface area contributed by atoms with Gasteiger partial charge in [0.25, 0.3) is 5.91 Å². The molecule has 0 saturated carbocycles. The third-order valence-corrected chi connectivity index (χ3v) is 4.42. The van der Waals surface area contributed by atoms with E-state index >= 15 is 0 Å². The lowest BCUT2D eigenvalue weighted by molar-refractivity contribution is 0.0956. The van der Waals surface area contributed by atoms with E-state index in [0.717, 1.165) is 18.4 Å². The molecule has 1 aromatic carbocycles. The van der Waals surface area contributed by atoms with Crippen LogP contribution >= 0.6 is 11.3 Å². The molecule has 6 nitrogen and oxygen atoms in total. The molecule has 0 bridgehead atoms. The molecule has 0 spiro atoms. The molecule has 3 amide bonds. The molecule has 0 aliphatic rings. The summed E-state index contributed by atoms with van der Waals surface area (Å²) in [4.78, 5) is 28.9. The molecular weight excluding hydrogens is 324 g/mol. The van der Waals surface area contributed by atoms with Crippen LogP contribution in [0.25, 0.3) is 0 Å². The number of hydrogen-bond donors (Lipinski definition) is 3. The van der Waals surface area contributed by atoms with Gasteiger partial charge in [-0.05, 0) is 32.4 Å². The van der Waals surface area contributed by atoms with Crippen molar-refractivity contribution in [2.45, 2.75) is 33.6 Å². The Morgan fingerprint density at radius 3 is 2.50 bits per heavy atom. The number of unbranched alkanes of at least 4 members (excludes halogenated alkanes) is 1. The molecule has 1 heterocycles. The smallest absolute Gasteiger partial charge is 0.325 e. The van der Waals surface area contributed by atoms with Gasteiger partial charge in [0, 0.05) is 12.2 Å². The number of urea groups is 1. The molecule has 2 rings (SSSR count). The highest BCUT2D eigenvalue weighted by Gasteiger charge is 2.16. The van der Waals surface area contributed by atoms with Gasteiger partial charge in [-0.25, -0.2) is 9.78 Å². The van der Waals surface area contributed by atoms with Crippen LogP contribution in [0.4, 0.5) is 15.6 Å². The molecule has 0 aliphatic carbocycles. The van der Waals surface area contributed by atoms with E-state index in [2.05, 4.69) is 27.9 Å². The summed E-state index contributed by atoms with van der Waals surface area (Å²) < 4.78 is 0. The Kier molecular flexibility index (Phi) is 6.31. The zero-order chi connectivity index (χ0) is 17.5. The molecule has 3 N–H and O–H groups in total. The molecule has 24 heavy (non-hydrogen) atoms. The highest BCUT2D eigenvalue weighted by Crippen LogP contribution is 2.22. The van der Waals surface area contributed by atoms with Crippen LogP contribution < -0.4 is 16.0 Å². The standard InChI is InChI=1S/C17H22N4O2S/c1-4-5-10-18-15(22)14-12(3)19-17(24-14)21-16(23)20-13-8-6-11(2)7-9-13/h6-9H,4-5,10H2,1-3H3,(H,18,22)(H2,19,20,21,23). The fourth-order valence-corrected chi connectivity index (χ4v) is 2.89. The molecule has 0 aliphatic heterocycles. The minimum absolute atomic E-state index is 0.148. The summed E-state index contributed by atoms with van der Waals surface area (Å²) in [5, 5.41) is 8.66. The van der Waals surface area contributed by atoms with E-state index in [1.54, 1.807) is 6.92 Å². The van der Waals surface area contributed by atoms with Crippen LogP contribution in [0.3, 0.4) is 0 Å². The normalized spacial score (nSPS) is 10.3. The molecule has 0 radical (unpaired) electrons. The van der Waals surface area contributed by atoms with Crippen molar-refractivity contribution in [1.82, 2.24) is 10.3 Å². The maximum Gasteiger partial charge on any atom is 0.325 e. The highest BCUT2D eigenvalue weighted by atomic mass is 32.1. The van der Waals surface area contributed by atoms with Crippen LogP contribution in [0.5, 0.6) is 0 Å². The molecule has 0 fully saturated rings. The number of nitrogens with zero attached hydrogens (tertiary/aromatic N) is 1. The van der Waals surface area contributed by atoms with Crippen molar-refractivity contribution in [3.63, 3.8) is 0 Å². The van der Waals surface area contributed by atoms with E-state index in [0.29, 0.717) is 27.9 Å². The highest BCUT2D eigenvalue weighted by molar-refractivity contribution is 7.17. The summed E-state index contributed by atoms with van der Waals surface area (Å²) in [5.41, 5.74) is 2.43. The van der Waals surface area contributed by atoms with Gasteiger partial charge in [0.2, 0.25) is 0 Å². The van der Waals surface area contributed by atoms with E-state index in [4.69, 9.17) is 0 Å².